The van der Waals surface area contributed by atoms with Crippen LogP contribution < -0.4 is 21.1 Å². The summed E-state index contributed by atoms with van der Waals surface area (Å²) in [5, 5.41) is 14.1. The molecule has 0 aliphatic heterocycles. The number of halogens is 3. The van der Waals surface area contributed by atoms with Crippen molar-refractivity contribution >= 4 is 17.6 Å². The maximum absolute atomic E-state index is 13.0. The van der Waals surface area contributed by atoms with Crippen LogP contribution in [0.5, 0.6) is 11.5 Å². The number of carbonyl (C=O) groups excluding carboxylic acids is 2. The molecule has 0 radical (unpaired) electrons. The van der Waals surface area contributed by atoms with E-state index in [1.807, 2.05) is 0 Å². The molecule has 0 saturated heterocycles. The number of hydrogen-bond donors (Lipinski definition) is 4. The Labute approximate surface area is 187 Å². The molecule has 10 heteroatoms. The van der Waals surface area contributed by atoms with Crippen molar-refractivity contribution in [1.29, 1.82) is 0 Å². The first-order chi connectivity index (χ1) is 15.7. The van der Waals surface area contributed by atoms with Gasteiger partial charge in [0.1, 0.15) is 11.5 Å². The number of ether oxygens (including phenoxy) is 1. The van der Waals surface area contributed by atoms with Crippen LogP contribution in [0.2, 0.25) is 0 Å². The molecule has 33 heavy (non-hydrogen) atoms. The summed E-state index contributed by atoms with van der Waals surface area (Å²) >= 11 is 0. The maximum atomic E-state index is 13.0. The standard InChI is InChI=1S/C23H20F3N3O4/c24-23(25,26)17-9-14(13-30)10-18(11-17)29-22(32)28-12-16-3-1-2-4-20(16)33-19-7-5-15(6-8-19)21(27)31/h1-11,30H,12-13H2,(H2,27,31)(H2,28,29,32). The summed E-state index contributed by atoms with van der Waals surface area (Å²) in [6, 6.07) is 15.1. The fourth-order valence-electron chi connectivity index (χ4n) is 2.93. The number of anilines is 1. The minimum Gasteiger partial charge on any atom is -0.457 e. The normalized spacial score (nSPS) is 11.0. The lowest BCUT2D eigenvalue weighted by Gasteiger charge is -2.14. The molecule has 3 amide bonds. The molecular weight excluding hydrogens is 439 g/mol. The first-order valence-corrected chi connectivity index (χ1v) is 9.68. The van der Waals surface area contributed by atoms with Crippen LogP contribution in [0, 0.1) is 0 Å². The number of primary amides is 1. The third kappa shape index (κ3) is 6.47. The molecule has 0 aromatic heterocycles. The van der Waals surface area contributed by atoms with Gasteiger partial charge < -0.3 is 26.2 Å². The van der Waals surface area contributed by atoms with Gasteiger partial charge in [0.2, 0.25) is 5.91 Å². The van der Waals surface area contributed by atoms with E-state index in [9.17, 15) is 27.9 Å². The van der Waals surface area contributed by atoms with Crippen molar-refractivity contribution in [3.05, 3.63) is 89.0 Å². The van der Waals surface area contributed by atoms with Crippen LogP contribution in [0.4, 0.5) is 23.7 Å². The van der Waals surface area contributed by atoms with E-state index in [1.165, 1.54) is 18.2 Å². The van der Waals surface area contributed by atoms with Crippen molar-refractivity contribution in [2.24, 2.45) is 5.73 Å². The number of para-hydroxylation sites is 1. The fourth-order valence-corrected chi connectivity index (χ4v) is 2.93. The minimum atomic E-state index is -4.62. The van der Waals surface area contributed by atoms with Crippen LogP contribution >= 0.6 is 0 Å². The van der Waals surface area contributed by atoms with Gasteiger partial charge >= 0.3 is 12.2 Å². The van der Waals surface area contributed by atoms with Crippen LogP contribution in [0.25, 0.3) is 0 Å². The number of benzene rings is 3. The van der Waals surface area contributed by atoms with Crippen LogP contribution in [0.15, 0.2) is 66.7 Å². The average molecular weight is 459 g/mol. The van der Waals surface area contributed by atoms with Crippen LogP contribution in [0.3, 0.4) is 0 Å². The van der Waals surface area contributed by atoms with Crippen molar-refractivity contribution in [2.45, 2.75) is 19.3 Å². The third-order valence-corrected chi connectivity index (χ3v) is 4.54. The molecule has 172 valence electrons. The van der Waals surface area contributed by atoms with Gasteiger partial charge in [0.25, 0.3) is 0 Å². The summed E-state index contributed by atoms with van der Waals surface area (Å²) in [7, 11) is 0. The Morgan fingerprint density at radius 1 is 1.00 bits per heavy atom. The molecule has 0 aliphatic carbocycles. The molecule has 0 fully saturated rings. The average Bonchev–Trinajstić information content (AvgIpc) is 2.78. The summed E-state index contributed by atoms with van der Waals surface area (Å²) in [5.74, 6) is 0.313. The predicted octanol–water partition coefficient (Wildman–Crippen LogP) is 4.41. The zero-order valence-electron chi connectivity index (χ0n) is 17.1. The van der Waals surface area contributed by atoms with Crippen LogP contribution in [0.1, 0.15) is 27.0 Å². The number of alkyl halides is 3. The summed E-state index contributed by atoms with van der Waals surface area (Å²) in [5.41, 5.74) is 5.07. The number of aliphatic hydroxyl groups is 1. The zero-order valence-corrected chi connectivity index (χ0v) is 17.1. The molecule has 0 heterocycles. The van der Waals surface area contributed by atoms with E-state index in [2.05, 4.69) is 10.6 Å². The Morgan fingerprint density at radius 3 is 2.33 bits per heavy atom. The lowest BCUT2D eigenvalue weighted by Crippen LogP contribution is -2.28. The van der Waals surface area contributed by atoms with Crippen molar-refractivity contribution < 1.29 is 32.6 Å². The van der Waals surface area contributed by atoms with Crippen molar-refractivity contribution in [2.75, 3.05) is 5.32 Å². The van der Waals surface area contributed by atoms with Gasteiger partial charge in [0, 0.05) is 23.4 Å². The lowest BCUT2D eigenvalue weighted by molar-refractivity contribution is -0.137. The second kappa shape index (κ2) is 10.0. The van der Waals surface area contributed by atoms with Gasteiger partial charge in [-0.1, -0.05) is 18.2 Å². The van der Waals surface area contributed by atoms with E-state index in [-0.39, 0.29) is 17.8 Å². The number of nitrogens with one attached hydrogen (secondary N) is 2. The highest BCUT2D eigenvalue weighted by molar-refractivity contribution is 5.92. The smallest absolute Gasteiger partial charge is 0.416 e. The van der Waals surface area contributed by atoms with Gasteiger partial charge in [-0.3, -0.25) is 4.79 Å². The molecule has 0 atom stereocenters. The molecule has 0 spiro atoms. The molecule has 0 bridgehead atoms. The van der Waals surface area contributed by atoms with E-state index < -0.39 is 30.3 Å². The Kier molecular flexibility index (Phi) is 7.19. The third-order valence-electron chi connectivity index (χ3n) is 4.54. The lowest BCUT2D eigenvalue weighted by atomic mass is 10.1. The number of rotatable bonds is 7. The topological polar surface area (TPSA) is 114 Å². The van der Waals surface area contributed by atoms with Gasteiger partial charge in [-0.15, -0.1) is 0 Å². The Balaban J connectivity index is 1.67. The largest absolute Gasteiger partial charge is 0.457 e. The number of hydrogen-bond acceptors (Lipinski definition) is 4. The highest BCUT2D eigenvalue weighted by atomic mass is 19.4. The van der Waals surface area contributed by atoms with Gasteiger partial charge in [-0.25, -0.2) is 4.79 Å². The molecule has 0 unspecified atom stereocenters. The molecule has 3 rings (SSSR count). The second-order valence-electron chi connectivity index (χ2n) is 6.98. The molecule has 7 nitrogen and oxygen atoms in total. The number of aliphatic hydroxyl groups excluding tert-OH is 1. The van der Waals surface area contributed by atoms with Gasteiger partial charge in [-0.05, 0) is 54.1 Å². The van der Waals surface area contributed by atoms with Gasteiger partial charge in [0.15, 0.2) is 0 Å². The molecule has 5 N–H and O–H groups in total. The second-order valence-corrected chi connectivity index (χ2v) is 6.98. The van der Waals surface area contributed by atoms with Crippen molar-refractivity contribution in [1.82, 2.24) is 5.32 Å². The highest BCUT2D eigenvalue weighted by Crippen LogP contribution is 2.32. The fraction of sp³-hybridized carbons (Fsp3) is 0.130. The first-order valence-electron chi connectivity index (χ1n) is 9.68. The van der Waals surface area contributed by atoms with Crippen molar-refractivity contribution in [3.63, 3.8) is 0 Å². The van der Waals surface area contributed by atoms with E-state index in [0.717, 1.165) is 12.1 Å². The molecule has 0 saturated carbocycles. The van der Waals surface area contributed by atoms with Crippen LogP contribution in [-0.4, -0.2) is 17.0 Å². The summed E-state index contributed by atoms with van der Waals surface area (Å²) < 4.78 is 44.9. The Bertz CT molecular complexity index is 1150. The minimum absolute atomic E-state index is 0.0150. The van der Waals surface area contributed by atoms with Crippen molar-refractivity contribution in [3.8, 4) is 11.5 Å². The zero-order chi connectivity index (χ0) is 24.0. The number of carbonyl (C=O) groups is 2. The highest BCUT2D eigenvalue weighted by Gasteiger charge is 2.31. The number of nitrogens with two attached hydrogens (primary N) is 1. The maximum Gasteiger partial charge on any atom is 0.416 e. The Morgan fingerprint density at radius 2 is 1.70 bits per heavy atom. The summed E-state index contributed by atoms with van der Waals surface area (Å²) in [6.07, 6.45) is -4.62. The summed E-state index contributed by atoms with van der Waals surface area (Å²) in [6.45, 7) is -0.585. The molecule has 3 aromatic rings. The molecular formula is C23H20F3N3O4. The van der Waals surface area contributed by atoms with Gasteiger partial charge in [0.05, 0.1) is 12.2 Å². The number of urea groups is 1. The Hall–Kier alpha value is -4.05. The quantitative estimate of drug-likeness (QED) is 0.419. The predicted molar refractivity (Wildman–Crippen MR) is 115 cm³/mol. The van der Waals surface area contributed by atoms with E-state index >= 15 is 0 Å². The summed E-state index contributed by atoms with van der Waals surface area (Å²) in [4.78, 5) is 23.4. The SMILES string of the molecule is NC(=O)c1ccc(Oc2ccccc2CNC(=O)Nc2cc(CO)cc(C(F)(F)F)c2)cc1. The first kappa shape index (κ1) is 23.6. The van der Waals surface area contributed by atoms with E-state index in [1.54, 1.807) is 36.4 Å². The van der Waals surface area contributed by atoms with Gasteiger partial charge in [-0.2, -0.15) is 13.2 Å². The van der Waals surface area contributed by atoms with Crippen LogP contribution in [-0.2, 0) is 19.3 Å². The monoisotopic (exact) mass is 459 g/mol. The molecule has 3 aromatic carbocycles. The van der Waals surface area contributed by atoms with E-state index in [4.69, 9.17) is 10.5 Å². The molecule has 0 aliphatic rings. The van der Waals surface area contributed by atoms with E-state index in [0.29, 0.717) is 22.6 Å². The number of amides is 3.